The maximum Gasteiger partial charge on any atom is 1.00 e. The van der Waals surface area contributed by atoms with Gasteiger partial charge in [0, 0.05) is 18.9 Å². The van der Waals surface area contributed by atoms with Crippen LogP contribution in [0.15, 0.2) is 65.6 Å². The second kappa shape index (κ2) is 9.62. The molecule has 1 aliphatic rings. The molecule has 0 saturated carbocycles. The number of carboxylic acids is 1. The molecule has 30 heavy (non-hydrogen) atoms. The van der Waals surface area contributed by atoms with E-state index < -0.39 is 16.0 Å². The molecule has 4 rings (SSSR count). The van der Waals surface area contributed by atoms with Crippen molar-refractivity contribution in [1.82, 2.24) is 4.72 Å². The smallest absolute Gasteiger partial charge is 0.550 e. The monoisotopic (exact) mass is 431 g/mol. The van der Waals surface area contributed by atoms with Gasteiger partial charge >= 0.3 is 29.6 Å². The second-order valence-corrected chi connectivity index (χ2v) is 9.39. The molecular formula is C23H22NNaO4S. The number of hydrogen-bond acceptors (Lipinski definition) is 4. The van der Waals surface area contributed by atoms with Gasteiger partial charge in [-0.15, -0.1) is 0 Å². The molecule has 0 aromatic heterocycles. The van der Waals surface area contributed by atoms with Crippen LogP contribution >= 0.6 is 0 Å². The molecule has 5 nitrogen and oxygen atoms in total. The Morgan fingerprint density at radius 1 is 1.00 bits per heavy atom. The minimum atomic E-state index is -3.59. The van der Waals surface area contributed by atoms with E-state index in [1.807, 2.05) is 48.5 Å². The molecule has 7 heteroatoms. The molecule has 0 saturated heterocycles. The van der Waals surface area contributed by atoms with E-state index in [9.17, 15) is 18.3 Å². The number of nitrogens with one attached hydrogen (secondary N) is 1. The number of carbonyl (C=O) groups is 1. The summed E-state index contributed by atoms with van der Waals surface area (Å²) in [5, 5.41) is 12.7. The average Bonchev–Trinajstić information content (AvgIpc) is 2.71. The maximum absolute atomic E-state index is 12.8. The Morgan fingerprint density at radius 3 is 2.53 bits per heavy atom. The summed E-state index contributed by atoms with van der Waals surface area (Å²) in [7, 11) is -3.59. The molecule has 0 bridgehead atoms. The summed E-state index contributed by atoms with van der Waals surface area (Å²) in [5.74, 6) is -0.920. The van der Waals surface area contributed by atoms with Crippen molar-refractivity contribution in [2.75, 3.05) is 6.54 Å². The van der Waals surface area contributed by atoms with Crippen molar-refractivity contribution in [1.29, 1.82) is 0 Å². The van der Waals surface area contributed by atoms with Crippen molar-refractivity contribution in [2.45, 2.75) is 30.6 Å². The first-order valence-electron chi connectivity index (χ1n) is 9.70. The molecule has 1 N–H and O–H groups in total. The molecule has 150 valence electrons. The number of aryl methyl sites for hydroxylation is 1. The summed E-state index contributed by atoms with van der Waals surface area (Å²) in [4.78, 5) is 11.1. The summed E-state index contributed by atoms with van der Waals surface area (Å²) in [6, 6.07) is 18.5. The van der Waals surface area contributed by atoms with Gasteiger partial charge < -0.3 is 9.90 Å². The quantitative estimate of drug-likeness (QED) is 0.519. The van der Waals surface area contributed by atoms with Crippen LogP contribution in [0, 0.1) is 5.92 Å². The van der Waals surface area contributed by atoms with Gasteiger partial charge in [0.25, 0.3) is 0 Å². The fourth-order valence-corrected chi connectivity index (χ4v) is 5.13. The van der Waals surface area contributed by atoms with E-state index in [1.54, 1.807) is 12.1 Å². The summed E-state index contributed by atoms with van der Waals surface area (Å²) < 4.78 is 28.3. The molecule has 0 spiro atoms. The molecule has 1 unspecified atom stereocenters. The minimum Gasteiger partial charge on any atom is -0.550 e. The van der Waals surface area contributed by atoms with Gasteiger partial charge in [0.1, 0.15) is 0 Å². The fraction of sp³-hybridized carbons (Fsp3) is 0.261. The third-order valence-electron chi connectivity index (χ3n) is 5.54. The third-order valence-corrected chi connectivity index (χ3v) is 6.96. The van der Waals surface area contributed by atoms with E-state index in [0.29, 0.717) is 6.54 Å². The largest absolute Gasteiger partial charge is 1.00 e. The van der Waals surface area contributed by atoms with Gasteiger partial charge in [-0.05, 0) is 64.8 Å². The SMILES string of the molecule is O=C([O-])Cc1ccc2c(c1)CC(CNS(=O)(=O)c1ccc3ccccc3c1)CC2.[Na+]. The first-order valence-corrected chi connectivity index (χ1v) is 11.2. The average molecular weight is 431 g/mol. The zero-order valence-electron chi connectivity index (χ0n) is 16.9. The van der Waals surface area contributed by atoms with E-state index in [-0.39, 0.29) is 46.8 Å². The van der Waals surface area contributed by atoms with Gasteiger partial charge in [0.15, 0.2) is 0 Å². The summed E-state index contributed by atoms with van der Waals surface area (Å²) in [5.41, 5.74) is 3.03. The van der Waals surface area contributed by atoms with Crippen molar-refractivity contribution < 1.29 is 47.9 Å². The number of rotatable bonds is 6. The predicted molar refractivity (Wildman–Crippen MR) is 110 cm³/mol. The van der Waals surface area contributed by atoms with E-state index in [1.165, 1.54) is 5.56 Å². The van der Waals surface area contributed by atoms with Crippen molar-refractivity contribution >= 4 is 26.8 Å². The van der Waals surface area contributed by atoms with Gasteiger partial charge in [-0.25, -0.2) is 13.1 Å². The van der Waals surface area contributed by atoms with Gasteiger partial charge in [0.2, 0.25) is 10.0 Å². The molecular weight excluding hydrogens is 409 g/mol. The Morgan fingerprint density at radius 2 is 1.77 bits per heavy atom. The second-order valence-electron chi connectivity index (χ2n) is 7.62. The zero-order valence-corrected chi connectivity index (χ0v) is 19.7. The number of carboxylic acid groups (broad SMARTS) is 1. The van der Waals surface area contributed by atoms with Crippen LogP contribution in [0.5, 0.6) is 0 Å². The molecule has 1 atom stereocenters. The van der Waals surface area contributed by atoms with Crippen LogP contribution in [-0.2, 0) is 34.1 Å². The van der Waals surface area contributed by atoms with E-state index in [2.05, 4.69) is 4.72 Å². The van der Waals surface area contributed by atoms with E-state index in [4.69, 9.17) is 0 Å². The van der Waals surface area contributed by atoms with Crippen molar-refractivity contribution in [3.05, 3.63) is 77.4 Å². The maximum atomic E-state index is 12.8. The van der Waals surface area contributed by atoms with Crippen LogP contribution in [-0.4, -0.2) is 20.9 Å². The van der Waals surface area contributed by atoms with E-state index >= 15 is 0 Å². The van der Waals surface area contributed by atoms with Crippen molar-refractivity contribution in [3.8, 4) is 0 Å². The molecule has 0 fully saturated rings. The topological polar surface area (TPSA) is 86.3 Å². The Balaban J connectivity index is 0.00000256. The van der Waals surface area contributed by atoms with Crippen LogP contribution in [0.3, 0.4) is 0 Å². The van der Waals surface area contributed by atoms with Gasteiger partial charge in [-0.2, -0.15) is 0 Å². The van der Waals surface area contributed by atoms with Crippen LogP contribution in [0.1, 0.15) is 23.1 Å². The van der Waals surface area contributed by atoms with Crippen LogP contribution in [0.25, 0.3) is 10.8 Å². The van der Waals surface area contributed by atoms with Gasteiger partial charge in [0.05, 0.1) is 4.90 Å². The van der Waals surface area contributed by atoms with Crippen LogP contribution in [0.2, 0.25) is 0 Å². The number of hydrogen-bond donors (Lipinski definition) is 1. The van der Waals surface area contributed by atoms with Crippen LogP contribution in [0.4, 0.5) is 0 Å². The van der Waals surface area contributed by atoms with Crippen LogP contribution < -0.4 is 39.4 Å². The first kappa shape index (κ1) is 23.0. The summed E-state index contributed by atoms with van der Waals surface area (Å²) >= 11 is 0. The summed E-state index contributed by atoms with van der Waals surface area (Å²) in [6.45, 7) is 0.360. The molecule has 0 amide bonds. The molecule has 3 aromatic rings. The Bertz CT molecular complexity index is 1180. The number of carbonyl (C=O) groups excluding carboxylic acids is 1. The van der Waals surface area contributed by atoms with Crippen molar-refractivity contribution in [2.24, 2.45) is 5.92 Å². The fourth-order valence-electron chi connectivity index (χ4n) is 3.98. The number of sulfonamides is 1. The van der Waals surface area contributed by atoms with Crippen molar-refractivity contribution in [3.63, 3.8) is 0 Å². The summed E-state index contributed by atoms with van der Waals surface area (Å²) in [6.07, 6.45) is 2.39. The number of benzene rings is 3. The van der Waals surface area contributed by atoms with Gasteiger partial charge in [-0.3, -0.25) is 0 Å². The normalized spacial score (nSPS) is 15.9. The van der Waals surface area contributed by atoms with Gasteiger partial charge in [-0.1, -0.05) is 48.5 Å². The zero-order chi connectivity index (χ0) is 20.4. The molecule has 0 aliphatic heterocycles. The standard InChI is InChI=1S/C23H23NO4S.Na/c25-23(26)13-16-5-7-19-8-6-17(12-21(19)11-16)15-24-29(27,28)22-10-9-18-3-1-2-4-20(18)14-22;/h1-5,7,9-11,14,17,24H,6,8,12-13,15H2,(H,25,26);/q;+1/p-1. The minimum absolute atomic E-state index is 0. The molecule has 3 aromatic carbocycles. The number of fused-ring (bicyclic) bond motifs is 2. The Hall–Kier alpha value is -1.70. The Kier molecular flexibility index (Phi) is 7.37. The first-order chi connectivity index (χ1) is 13.9. The predicted octanol–water partition coefficient (Wildman–Crippen LogP) is -0.780. The molecule has 0 radical (unpaired) electrons. The molecule has 0 heterocycles. The van der Waals surface area contributed by atoms with E-state index in [0.717, 1.165) is 41.2 Å². The number of aliphatic carboxylic acids is 1. The third kappa shape index (κ3) is 5.31. The Labute approximate surface area is 198 Å². The molecule has 1 aliphatic carbocycles.